The van der Waals surface area contributed by atoms with Crippen LogP contribution in [0.1, 0.15) is 85.5 Å². The van der Waals surface area contributed by atoms with Crippen LogP contribution in [0.4, 0.5) is 0 Å². The van der Waals surface area contributed by atoms with E-state index in [2.05, 4.69) is 27.7 Å². The van der Waals surface area contributed by atoms with Crippen LogP contribution in [0.2, 0.25) is 0 Å². The fourth-order valence-corrected chi connectivity index (χ4v) is 3.48. The number of methoxy groups -OCH3 is 1. The summed E-state index contributed by atoms with van der Waals surface area (Å²) in [4.78, 5) is 0. The number of ether oxygens (including phenoxy) is 6. The van der Waals surface area contributed by atoms with Gasteiger partial charge in [0.15, 0.2) is 6.29 Å². The maximum Gasteiger partial charge on any atom is 0.160 e. The minimum absolute atomic E-state index is 0.120. The molecule has 1 saturated heterocycles. The lowest BCUT2D eigenvalue weighted by molar-refractivity contribution is -0.203. The monoisotopic (exact) mass is 432 g/mol. The maximum atomic E-state index is 6.40. The van der Waals surface area contributed by atoms with Gasteiger partial charge in [0.05, 0.1) is 12.7 Å². The zero-order valence-electron chi connectivity index (χ0n) is 20.2. The Morgan fingerprint density at radius 1 is 0.700 bits per heavy atom. The third-order valence-electron chi connectivity index (χ3n) is 5.44. The van der Waals surface area contributed by atoms with Gasteiger partial charge in [-0.05, 0) is 25.7 Å². The smallest absolute Gasteiger partial charge is 0.160 e. The molecule has 0 bridgehead atoms. The second-order valence-electron chi connectivity index (χ2n) is 8.14. The SMILES string of the molecule is CCCCOC[C@H]1O[C@@H](OC)C[C@H](OCCCC)[C@@H](OCCCC)[C@@H]1OCCCC. The summed E-state index contributed by atoms with van der Waals surface area (Å²) in [5, 5.41) is 0. The molecule has 1 fully saturated rings. The van der Waals surface area contributed by atoms with Gasteiger partial charge in [-0.3, -0.25) is 0 Å². The highest BCUT2D eigenvalue weighted by Gasteiger charge is 2.43. The van der Waals surface area contributed by atoms with E-state index in [0.29, 0.717) is 32.8 Å². The molecule has 0 radical (unpaired) electrons. The molecule has 0 aromatic heterocycles. The van der Waals surface area contributed by atoms with Crippen molar-refractivity contribution in [3.63, 3.8) is 0 Å². The summed E-state index contributed by atoms with van der Waals surface area (Å²) >= 11 is 0. The highest BCUT2D eigenvalue weighted by Crippen LogP contribution is 2.28. The second kappa shape index (κ2) is 18.3. The third kappa shape index (κ3) is 10.9. The molecule has 5 atom stereocenters. The van der Waals surface area contributed by atoms with Crippen LogP contribution in [0.3, 0.4) is 0 Å². The standard InChI is InChI=1S/C24H48O6/c1-6-10-14-26-19-21-24(29-17-13-9-4)23(28-16-12-8-3)20(27-15-11-7-2)18-22(25-5)30-21/h20-24H,6-19H2,1-5H3/t20-,21+,22+,23+,24+/m0/s1. The quantitative estimate of drug-likeness (QED) is 0.280. The normalized spacial score (nSPS) is 27.3. The predicted octanol–water partition coefficient (Wildman–Crippen LogP) is 5.12. The van der Waals surface area contributed by atoms with Crippen LogP contribution >= 0.6 is 0 Å². The zero-order valence-corrected chi connectivity index (χ0v) is 20.2. The first-order chi connectivity index (χ1) is 14.7. The van der Waals surface area contributed by atoms with Crippen LogP contribution in [-0.2, 0) is 28.4 Å². The Morgan fingerprint density at radius 3 is 1.80 bits per heavy atom. The van der Waals surface area contributed by atoms with E-state index in [-0.39, 0.29) is 30.7 Å². The van der Waals surface area contributed by atoms with Crippen molar-refractivity contribution in [2.45, 2.75) is 116 Å². The summed E-state index contributed by atoms with van der Waals surface area (Å²) < 4.78 is 37.0. The lowest BCUT2D eigenvalue weighted by atomic mass is 10.0. The third-order valence-corrected chi connectivity index (χ3v) is 5.44. The fourth-order valence-electron chi connectivity index (χ4n) is 3.48. The fraction of sp³-hybridized carbons (Fsp3) is 1.00. The van der Waals surface area contributed by atoms with E-state index in [9.17, 15) is 0 Å². The number of rotatable bonds is 18. The molecule has 1 rings (SSSR count). The second-order valence-corrected chi connectivity index (χ2v) is 8.14. The van der Waals surface area contributed by atoms with Crippen LogP contribution in [0.15, 0.2) is 0 Å². The van der Waals surface area contributed by atoms with Gasteiger partial charge < -0.3 is 28.4 Å². The molecule has 0 aromatic carbocycles. The van der Waals surface area contributed by atoms with E-state index in [1.54, 1.807) is 7.11 Å². The Kier molecular flexibility index (Phi) is 17.0. The average Bonchev–Trinajstić information content (AvgIpc) is 2.89. The molecule has 1 aliphatic heterocycles. The van der Waals surface area contributed by atoms with E-state index in [1.807, 2.05) is 0 Å². The minimum atomic E-state index is -0.353. The molecule has 1 aliphatic rings. The molecule has 0 aliphatic carbocycles. The highest BCUT2D eigenvalue weighted by molar-refractivity contribution is 4.90. The van der Waals surface area contributed by atoms with E-state index < -0.39 is 0 Å². The lowest BCUT2D eigenvalue weighted by Gasteiger charge is -2.34. The molecule has 0 saturated carbocycles. The molecule has 6 heteroatoms. The van der Waals surface area contributed by atoms with E-state index in [4.69, 9.17) is 28.4 Å². The Bertz CT molecular complexity index is 381. The van der Waals surface area contributed by atoms with Crippen molar-refractivity contribution in [3.8, 4) is 0 Å². The Balaban J connectivity index is 3.00. The molecule has 30 heavy (non-hydrogen) atoms. The summed E-state index contributed by atoms with van der Waals surface area (Å²) in [6.45, 7) is 12.0. The molecule has 0 amide bonds. The molecule has 0 spiro atoms. The molecule has 180 valence electrons. The average molecular weight is 433 g/mol. The highest BCUT2D eigenvalue weighted by atomic mass is 16.7. The van der Waals surface area contributed by atoms with Gasteiger partial charge in [0.1, 0.15) is 18.3 Å². The van der Waals surface area contributed by atoms with E-state index >= 15 is 0 Å². The zero-order chi connectivity index (χ0) is 22.0. The van der Waals surface area contributed by atoms with Crippen molar-refractivity contribution in [1.29, 1.82) is 0 Å². The topological polar surface area (TPSA) is 55.4 Å². The van der Waals surface area contributed by atoms with Crippen LogP contribution in [-0.4, -0.2) is 70.9 Å². The molecule has 0 N–H and O–H groups in total. The van der Waals surface area contributed by atoms with Gasteiger partial charge in [-0.25, -0.2) is 0 Å². The van der Waals surface area contributed by atoms with Crippen molar-refractivity contribution in [2.75, 3.05) is 40.1 Å². The van der Waals surface area contributed by atoms with Gasteiger partial charge in [-0.15, -0.1) is 0 Å². The van der Waals surface area contributed by atoms with Gasteiger partial charge in [0.2, 0.25) is 0 Å². The van der Waals surface area contributed by atoms with E-state index in [1.165, 1.54) is 0 Å². The Hall–Kier alpha value is -0.240. The lowest BCUT2D eigenvalue weighted by Crippen LogP contribution is -2.49. The molecular weight excluding hydrogens is 384 g/mol. The van der Waals surface area contributed by atoms with Crippen LogP contribution < -0.4 is 0 Å². The van der Waals surface area contributed by atoms with Gasteiger partial charge in [-0.1, -0.05) is 53.4 Å². The molecular formula is C24H48O6. The minimum Gasteiger partial charge on any atom is -0.379 e. The number of unbranched alkanes of at least 4 members (excludes halogenated alkanes) is 4. The predicted molar refractivity (Wildman–Crippen MR) is 120 cm³/mol. The molecule has 6 nitrogen and oxygen atoms in total. The molecule has 0 unspecified atom stereocenters. The van der Waals surface area contributed by atoms with Gasteiger partial charge >= 0.3 is 0 Å². The number of hydrogen-bond donors (Lipinski definition) is 0. The van der Waals surface area contributed by atoms with E-state index in [0.717, 1.165) is 58.0 Å². The van der Waals surface area contributed by atoms with Gasteiger partial charge in [0.25, 0.3) is 0 Å². The van der Waals surface area contributed by atoms with Crippen molar-refractivity contribution in [3.05, 3.63) is 0 Å². The largest absolute Gasteiger partial charge is 0.379 e. The summed E-state index contributed by atoms with van der Waals surface area (Å²) in [5.41, 5.74) is 0. The van der Waals surface area contributed by atoms with Crippen molar-refractivity contribution in [1.82, 2.24) is 0 Å². The van der Waals surface area contributed by atoms with Crippen molar-refractivity contribution < 1.29 is 28.4 Å². The Morgan fingerprint density at radius 2 is 1.23 bits per heavy atom. The van der Waals surface area contributed by atoms with Gasteiger partial charge in [-0.2, -0.15) is 0 Å². The molecule has 1 heterocycles. The summed E-state index contributed by atoms with van der Waals surface area (Å²) in [7, 11) is 1.69. The van der Waals surface area contributed by atoms with Gasteiger partial charge in [0, 0.05) is 40.0 Å². The maximum absolute atomic E-state index is 6.40. The first-order valence-corrected chi connectivity index (χ1v) is 12.3. The first-order valence-electron chi connectivity index (χ1n) is 12.3. The summed E-state index contributed by atoms with van der Waals surface area (Å²) in [6, 6.07) is 0. The molecule has 0 aromatic rings. The number of hydrogen-bond acceptors (Lipinski definition) is 6. The Labute approximate surface area is 185 Å². The van der Waals surface area contributed by atoms with Crippen LogP contribution in [0.25, 0.3) is 0 Å². The first kappa shape index (κ1) is 27.8. The van der Waals surface area contributed by atoms with Crippen molar-refractivity contribution >= 4 is 0 Å². The van der Waals surface area contributed by atoms with Crippen molar-refractivity contribution in [2.24, 2.45) is 0 Å². The summed E-state index contributed by atoms with van der Waals surface area (Å²) in [5.74, 6) is 0. The summed E-state index contributed by atoms with van der Waals surface area (Å²) in [6.07, 6.45) is 7.99. The van der Waals surface area contributed by atoms with Crippen LogP contribution in [0.5, 0.6) is 0 Å². The van der Waals surface area contributed by atoms with Crippen LogP contribution in [0, 0.1) is 0 Å².